The number of hydrogen-bond donors (Lipinski definition) is 2. The van der Waals surface area contributed by atoms with Crippen LogP contribution in [0.2, 0.25) is 0 Å². The fourth-order valence-corrected chi connectivity index (χ4v) is 4.09. The first-order chi connectivity index (χ1) is 16.9. The van der Waals surface area contributed by atoms with Gasteiger partial charge in [0, 0.05) is 45.3 Å². The van der Waals surface area contributed by atoms with Gasteiger partial charge < -0.3 is 34.6 Å². The van der Waals surface area contributed by atoms with E-state index in [0.29, 0.717) is 63.1 Å². The first kappa shape index (κ1) is 26.1. The van der Waals surface area contributed by atoms with E-state index in [0.717, 1.165) is 0 Å². The Morgan fingerprint density at radius 2 is 1.83 bits per heavy atom. The molecule has 0 aliphatic carbocycles. The first-order valence-corrected chi connectivity index (χ1v) is 11.6. The lowest BCUT2D eigenvalue weighted by atomic mass is 10.1. The molecule has 35 heavy (non-hydrogen) atoms. The number of anilines is 1. The van der Waals surface area contributed by atoms with Crippen molar-refractivity contribution >= 4 is 29.5 Å². The fraction of sp³-hybridized carbons (Fsp3) is 0.565. The highest BCUT2D eigenvalue weighted by Gasteiger charge is 2.36. The van der Waals surface area contributed by atoms with Crippen LogP contribution in [0.5, 0.6) is 11.5 Å². The van der Waals surface area contributed by atoms with Gasteiger partial charge in [-0.05, 0) is 19.1 Å². The molecule has 2 aliphatic rings. The van der Waals surface area contributed by atoms with Crippen LogP contribution >= 0.6 is 0 Å². The maximum absolute atomic E-state index is 13.1. The van der Waals surface area contributed by atoms with Gasteiger partial charge in [0.2, 0.25) is 17.7 Å². The number of methoxy groups -OCH3 is 2. The molecule has 2 saturated heterocycles. The van der Waals surface area contributed by atoms with Crippen LogP contribution < -0.4 is 20.1 Å². The van der Waals surface area contributed by atoms with Crippen LogP contribution in [0, 0.1) is 0 Å². The number of carbonyl (C=O) groups excluding carboxylic acids is 4. The van der Waals surface area contributed by atoms with Gasteiger partial charge in [-0.2, -0.15) is 0 Å². The second-order valence-corrected chi connectivity index (χ2v) is 8.17. The summed E-state index contributed by atoms with van der Waals surface area (Å²) < 4.78 is 15.5. The predicted octanol–water partition coefficient (Wildman–Crippen LogP) is 0.134. The molecule has 2 heterocycles. The second kappa shape index (κ2) is 12.2. The summed E-state index contributed by atoms with van der Waals surface area (Å²) in [4.78, 5) is 55.4. The number of carbonyl (C=O) groups is 4. The van der Waals surface area contributed by atoms with Crippen LogP contribution in [0.1, 0.15) is 13.3 Å². The maximum Gasteiger partial charge on any atom is 0.409 e. The molecule has 1 atom stereocenters. The summed E-state index contributed by atoms with van der Waals surface area (Å²) in [5.74, 6) is -0.0522. The largest absolute Gasteiger partial charge is 0.497 e. The van der Waals surface area contributed by atoms with Gasteiger partial charge in [-0.25, -0.2) is 4.79 Å². The maximum atomic E-state index is 13.1. The summed E-state index contributed by atoms with van der Waals surface area (Å²) in [7, 11) is 3.00. The Morgan fingerprint density at radius 3 is 2.49 bits per heavy atom. The summed E-state index contributed by atoms with van der Waals surface area (Å²) in [6, 6.07) is 4.07. The van der Waals surface area contributed by atoms with E-state index in [-0.39, 0.29) is 30.9 Å². The molecule has 2 aliphatic heterocycles. The molecule has 0 aromatic heterocycles. The molecule has 192 valence electrons. The van der Waals surface area contributed by atoms with E-state index < -0.39 is 11.9 Å². The van der Waals surface area contributed by atoms with E-state index >= 15 is 0 Å². The lowest BCUT2D eigenvalue weighted by Gasteiger charge is -2.38. The lowest BCUT2D eigenvalue weighted by molar-refractivity contribution is -0.145. The van der Waals surface area contributed by atoms with Crippen LogP contribution in [0.25, 0.3) is 0 Å². The molecule has 0 spiro atoms. The van der Waals surface area contributed by atoms with Crippen molar-refractivity contribution in [3.05, 3.63) is 18.2 Å². The molecule has 4 amide bonds. The summed E-state index contributed by atoms with van der Waals surface area (Å²) in [6.45, 7) is 4.76. The van der Waals surface area contributed by atoms with Crippen molar-refractivity contribution in [3.8, 4) is 11.5 Å². The SMILES string of the molecule is CCOC(=O)N1CCN(CC(=O)N2CCNC(=O)[C@H]2CC(=O)Nc2cc(OC)ccc2OC)CC1. The highest BCUT2D eigenvalue weighted by molar-refractivity contribution is 5.98. The average Bonchev–Trinajstić information content (AvgIpc) is 2.85. The summed E-state index contributed by atoms with van der Waals surface area (Å²) >= 11 is 0. The Labute approximate surface area is 204 Å². The number of benzene rings is 1. The summed E-state index contributed by atoms with van der Waals surface area (Å²) in [5.41, 5.74) is 0.408. The third-order valence-electron chi connectivity index (χ3n) is 5.97. The number of ether oxygens (including phenoxy) is 3. The van der Waals surface area contributed by atoms with Gasteiger partial charge in [-0.3, -0.25) is 19.3 Å². The van der Waals surface area contributed by atoms with Crippen molar-refractivity contribution in [2.45, 2.75) is 19.4 Å². The van der Waals surface area contributed by atoms with Gasteiger partial charge >= 0.3 is 6.09 Å². The third-order valence-corrected chi connectivity index (χ3v) is 5.97. The topological polar surface area (TPSA) is 130 Å². The van der Waals surface area contributed by atoms with E-state index in [9.17, 15) is 19.2 Å². The number of amides is 4. The Bertz CT molecular complexity index is 933. The lowest BCUT2D eigenvalue weighted by Crippen LogP contribution is -2.60. The normalized spacial score (nSPS) is 18.5. The molecule has 12 nitrogen and oxygen atoms in total. The van der Waals surface area contributed by atoms with Crippen molar-refractivity contribution in [1.29, 1.82) is 0 Å². The molecule has 2 fully saturated rings. The van der Waals surface area contributed by atoms with Crippen LogP contribution in [-0.4, -0.2) is 111 Å². The summed E-state index contributed by atoms with van der Waals surface area (Å²) in [6.07, 6.45) is -0.556. The molecule has 0 radical (unpaired) electrons. The monoisotopic (exact) mass is 491 g/mol. The molecule has 0 saturated carbocycles. The van der Waals surface area contributed by atoms with Crippen molar-refractivity contribution in [1.82, 2.24) is 20.0 Å². The molecule has 2 N–H and O–H groups in total. The molecular formula is C23H33N5O7. The molecule has 1 aromatic rings. The van der Waals surface area contributed by atoms with Gasteiger partial charge in [0.05, 0.1) is 39.5 Å². The number of nitrogens with zero attached hydrogens (tertiary/aromatic N) is 3. The quantitative estimate of drug-likeness (QED) is 0.525. The zero-order valence-corrected chi connectivity index (χ0v) is 20.4. The zero-order valence-electron chi connectivity index (χ0n) is 20.4. The van der Waals surface area contributed by atoms with Gasteiger partial charge in [0.25, 0.3) is 0 Å². The molecule has 0 bridgehead atoms. The Morgan fingerprint density at radius 1 is 1.09 bits per heavy atom. The second-order valence-electron chi connectivity index (χ2n) is 8.17. The number of piperazine rings is 2. The van der Waals surface area contributed by atoms with Crippen LogP contribution in [0.4, 0.5) is 10.5 Å². The van der Waals surface area contributed by atoms with E-state index in [1.165, 1.54) is 19.1 Å². The highest BCUT2D eigenvalue weighted by atomic mass is 16.6. The third kappa shape index (κ3) is 6.75. The van der Waals surface area contributed by atoms with Crippen molar-refractivity contribution in [2.75, 3.05) is 72.0 Å². The van der Waals surface area contributed by atoms with Crippen LogP contribution in [-0.2, 0) is 19.1 Å². The van der Waals surface area contributed by atoms with Gasteiger partial charge in [-0.1, -0.05) is 0 Å². The van der Waals surface area contributed by atoms with Crippen LogP contribution in [0.3, 0.4) is 0 Å². The number of nitrogens with one attached hydrogen (secondary N) is 2. The highest BCUT2D eigenvalue weighted by Crippen LogP contribution is 2.29. The minimum Gasteiger partial charge on any atom is -0.497 e. The molecule has 1 aromatic carbocycles. The fourth-order valence-electron chi connectivity index (χ4n) is 4.09. The van der Waals surface area contributed by atoms with E-state index in [4.69, 9.17) is 14.2 Å². The Hall–Kier alpha value is -3.54. The van der Waals surface area contributed by atoms with E-state index in [2.05, 4.69) is 10.6 Å². The summed E-state index contributed by atoms with van der Waals surface area (Å²) in [5, 5.41) is 5.48. The standard InChI is InChI=1S/C23H33N5O7/c1-4-35-23(32)27-11-9-26(10-12-27)15-21(30)28-8-7-24-22(31)18(28)14-20(29)25-17-13-16(33-2)5-6-19(17)34-3/h5-6,13,18H,4,7-12,14-15H2,1-3H3,(H,24,31)(H,25,29)/t18-/m1/s1. The van der Waals surface area contributed by atoms with Crippen molar-refractivity contribution in [3.63, 3.8) is 0 Å². The van der Waals surface area contributed by atoms with Crippen LogP contribution in [0.15, 0.2) is 18.2 Å². The smallest absolute Gasteiger partial charge is 0.409 e. The van der Waals surface area contributed by atoms with Gasteiger partial charge in [-0.15, -0.1) is 0 Å². The van der Waals surface area contributed by atoms with Gasteiger partial charge in [0.1, 0.15) is 17.5 Å². The zero-order chi connectivity index (χ0) is 25.4. The van der Waals surface area contributed by atoms with Gasteiger partial charge in [0.15, 0.2) is 0 Å². The van der Waals surface area contributed by atoms with Crippen molar-refractivity contribution < 1.29 is 33.4 Å². The van der Waals surface area contributed by atoms with Crippen molar-refractivity contribution in [2.24, 2.45) is 0 Å². The molecule has 3 rings (SSSR count). The molecular weight excluding hydrogens is 458 g/mol. The molecule has 0 unspecified atom stereocenters. The first-order valence-electron chi connectivity index (χ1n) is 11.6. The average molecular weight is 492 g/mol. The minimum absolute atomic E-state index is 0.103. The van der Waals surface area contributed by atoms with E-state index in [1.54, 1.807) is 30.0 Å². The predicted molar refractivity (Wildman–Crippen MR) is 126 cm³/mol. The minimum atomic E-state index is -0.923. The van der Waals surface area contributed by atoms with E-state index in [1.807, 2.05) is 4.90 Å². The number of hydrogen-bond acceptors (Lipinski definition) is 8. The number of rotatable bonds is 8. The molecule has 12 heteroatoms. The Balaban J connectivity index is 1.60. The Kier molecular flexibility index (Phi) is 9.12.